The van der Waals surface area contributed by atoms with E-state index in [4.69, 9.17) is 5.21 Å². The van der Waals surface area contributed by atoms with Gasteiger partial charge in [-0.05, 0) is 28.1 Å². The third-order valence-electron chi connectivity index (χ3n) is 0.908. The van der Waals surface area contributed by atoms with E-state index in [9.17, 15) is 0 Å². The summed E-state index contributed by atoms with van der Waals surface area (Å²) < 4.78 is 0.410. The summed E-state index contributed by atoms with van der Waals surface area (Å²) in [5.74, 6) is 0. The van der Waals surface area contributed by atoms with Gasteiger partial charge in [0.05, 0.1) is 5.69 Å². The van der Waals surface area contributed by atoms with Crippen molar-refractivity contribution in [3.8, 4) is 0 Å². The Morgan fingerprint density at radius 3 is 3.00 bits per heavy atom. The average Bonchev–Trinajstić information content (AvgIpc) is 2.37. The maximum atomic E-state index is 8.23. The van der Waals surface area contributed by atoms with Crippen LogP contribution in [-0.2, 0) is 0 Å². The van der Waals surface area contributed by atoms with Gasteiger partial charge in [0.15, 0.2) is 4.62 Å². The highest BCUT2D eigenvalue weighted by atomic mass is 79.9. The standard InChI is InChI=1S/C5H5BrN2O/c6-5(8-9)4-2-1-3-7-4/h1-3,7,9H. The minimum absolute atomic E-state index is 0.410. The third kappa shape index (κ3) is 1.32. The molecule has 0 spiro atoms. The quantitative estimate of drug-likeness (QED) is 0.393. The summed E-state index contributed by atoms with van der Waals surface area (Å²) in [5.41, 5.74) is 0.762. The van der Waals surface area contributed by atoms with E-state index in [1.807, 2.05) is 6.07 Å². The topological polar surface area (TPSA) is 48.4 Å². The second-order valence-electron chi connectivity index (χ2n) is 1.47. The summed E-state index contributed by atoms with van der Waals surface area (Å²) in [4.78, 5) is 2.85. The van der Waals surface area contributed by atoms with Crippen molar-refractivity contribution in [3.63, 3.8) is 0 Å². The van der Waals surface area contributed by atoms with E-state index in [1.54, 1.807) is 12.3 Å². The molecule has 2 N–H and O–H groups in total. The van der Waals surface area contributed by atoms with Crippen LogP contribution >= 0.6 is 15.9 Å². The first-order chi connectivity index (χ1) is 4.34. The summed E-state index contributed by atoms with van der Waals surface area (Å²) in [5, 5.41) is 11.2. The molecule has 0 saturated carbocycles. The molecule has 0 aromatic carbocycles. The lowest BCUT2D eigenvalue weighted by atomic mass is 10.5. The summed E-state index contributed by atoms with van der Waals surface area (Å²) in [6.45, 7) is 0. The number of H-pyrrole nitrogens is 1. The van der Waals surface area contributed by atoms with Gasteiger partial charge in [0.2, 0.25) is 0 Å². The number of nitrogens with zero attached hydrogens (tertiary/aromatic N) is 1. The second kappa shape index (κ2) is 2.68. The van der Waals surface area contributed by atoms with E-state index in [-0.39, 0.29) is 0 Å². The van der Waals surface area contributed by atoms with Crippen LogP contribution in [0.25, 0.3) is 0 Å². The van der Waals surface area contributed by atoms with Crippen molar-refractivity contribution < 1.29 is 5.21 Å². The molecule has 0 unspecified atom stereocenters. The maximum Gasteiger partial charge on any atom is 0.168 e. The molecule has 1 aromatic heterocycles. The molecule has 0 bridgehead atoms. The van der Waals surface area contributed by atoms with Gasteiger partial charge in [0.1, 0.15) is 0 Å². The number of hydrogen-bond donors (Lipinski definition) is 2. The van der Waals surface area contributed by atoms with Crippen LogP contribution in [0.2, 0.25) is 0 Å². The molecule has 3 nitrogen and oxygen atoms in total. The fraction of sp³-hybridized carbons (Fsp3) is 0. The molecule has 1 aromatic rings. The van der Waals surface area contributed by atoms with E-state index in [2.05, 4.69) is 26.1 Å². The van der Waals surface area contributed by atoms with Crippen molar-refractivity contribution in [3.05, 3.63) is 24.0 Å². The maximum absolute atomic E-state index is 8.23. The zero-order valence-corrected chi connectivity index (χ0v) is 6.09. The van der Waals surface area contributed by atoms with Gasteiger partial charge in [-0.25, -0.2) is 0 Å². The summed E-state index contributed by atoms with van der Waals surface area (Å²) in [6, 6.07) is 3.62. The van der Waals surface area contributed by atoms with E-state index in [0.717, 1.165) is 5.69 Å². The number of halogens is 1. The molecule has 9 heavy (non-hydrogen) atoms. The fourth-order valence-corrected chi connectivity index (χ4v) is 0.759. The molecule has 1 rings (SSSR count). The normalized spacial score (nSPS) is 11.9. The molecular weight excluding hydrogens is 184 g/mol. The van der Waals surface area contributed by atoms with Crippen LogP contribution in [0, 0.1) is 0 Å². The van der Waals surface area contributed by atoms with Crippen LogP contribution in [0.3, 0.4) is 0 Å². The highest BCUT2D eigenvalue weighted by molar-refractivity contribution is 9.18. The van der Waals surface area contributed by atoms with E-state index in [0.29, 0.717) is 4.62 Å². The van der Waals surface area contributed by atoms with Crippen LogP contribution in [0.5, 0.6) is 0 Å². The number of rotatable bonds is 1. The first-order valence-corrected chi connectivity index (χ1v) is 3.15. The summed E-state index contributed by atoms with van der Waals surface area (Å²) in [6.07, 6.45) is 1.75. The molecular formula is C5H5BrN2O. The molecule has 0 aliphatic rings. The predicted octanol–water partition coefficient (Wildman–Crippen LogP) is 1.55. The minimum Gasteiger partial charge on any atom is -0.410 e. The molecule has 0 aliphatic heterocycles. The van der Waals surface area contributed by atoms with Gasteiger partial charge in [-0.15, -0.1) is 0 Å². The number of nitrogens with one attached hydrogen (secondary N) is 1. The van der Waals surface area contributed by atoms with Gasteiger partial charge in [-0.1, -0.05) is 5.16 Å². The van der Waals surface area contributed by atoms with Gasteiger partial charge < -0.3 is 10.2 Å². The van der Waals surface area contributed by atoms with E-state index < -0.39 is 0 Å². The average molecular weight is 189 g/mol. The molecule has 0 amide bonds. The Bertz CT molecular complexity index is 205. The Morgan fingerprint density at radius 1 is 1.78 bits per heavy atom. The number of aromatic amines is 1. The van der Waals surface area contributed by atoms with Crippen molar-refractivity contribution >= 4 is 20.6 Å². The van der Waals surface area contributed by atoms with Crippen LogP contribution in [0.15, 0.2) is 23.5 Å². The summed E-state index contributed by atoms with van der Waals surface area (Å²) >= 11 is 3.03. The first-order valence-electron chi connectivity index (χ1n) is 2.36. The monoisotopic (exact) mass is 188 g/mol. The number of hydrogen-bond acceptors (Lipinski definition) is 2. The zero-order chi connectivity index (χ0) is 6.69. The molecule has 48 valence electrons. The van der Waals surface area contributed by atoms with Crippen molar-refractivity contribution in [2.24, 2.45) is 5.16 Å². The molecule has 0 saturated heterocycles. The molecule has 0 atom stereocenters. The Balaban J connectivity index is 2.90. The molecule has 4 heteroatoms. The largest absolute Gasteiger partial charge is 0.410 e. The third-order valence-corrected chi connectivity index (χ3v) is 1.49. The lowest BCUT2D eigenvalue weighted by molar-refractivity contribution is 0.321. The van der Waals surface area contributed by atoms with E-state index >= 15 is 0 Å². The van der Waals surface area contributed by atoms with Gasteiger partial charge in [-0.3, -0.25) is 0 Å². The SMILES string of the molecule is ON=C(Br)c1ccc[nH]1. The lowest BCUT2D eigenvalue weighted by Gasteiger charge is -1.86. The van der Waals surface area contributed by atoms with Gasteiger partial charge in [-0.2, -0.15) is 0 Å². The Labute approximate surface area is 60.5 Å². The predicted molar refractivity (Wildman–Crippen MR) is 38.0 cm³/mol. The number of oxime groups is 1. The van der Waals surface area contributed by atoms with Crippen LogP contribution < -0.4 is 0 Å². The van der Waals surface area contributed by atoms with E-state index in [1.165, 1.54) is 0 Å². The number of aromatic nitrogens is 1. The van der Waals surface area contributed by atoms with Crippen molar-refractivity contribution in [1.29, 1.82) is 0 Å². The second-order valence-corrected chi connectivity index (χ2v) is 2.23. The highest BCUT2D eigenvalue weighted by Gasteiger charge is 1.96. The summed E-state index contributed by atoms with van der Waals surface area (Å²) in [7, 11) is 0. The zero-order valence-electron chi connectivity index (χ0n) is 4.50. The van der Waals surface area contributed by atoms with Crippen LogP contribution in [-0.4, -0.2) is 14.8 Å². The Kier molecular flexibility index (Phi) is 1.89. The highest BCUT2D eigenvalue weighted by Crippen LogP contribution is 2.01. The first kappa shape index (κ1) is 6.35. The molecule has 0 fully saturated rings. The lowest BCUT2D eigenvalue weighted by Crippen LogP contribution is -1.88. The fourth-order valence-electron chi connectivity index (χ4n) is 0.513. The van der Waals surface area contributed by atoms with Crippen LogP contribution in [0.1, 0.15) is 5.69 Å². The Morgan fingerprint density at radius 2 is 2.56 bits per heavy atom. The van der Waals surface area contributed by atoms with Crippen molar-refractivity contribution in [1.82, 2.24) is 4.98 Å². The molecule has 1 heterocycles. The minimum atomic E-state index is 0.410. The van der Waals surface area contributed by atoms with Gasteiger partial charge in [0, 0.05) is 6.20 Å². The van der Waals surface area contributed by atoms with Crippen LogP contribution in [0.4, 0.5) is 0 Å². The molecule has 0 radical (unpaired) electrons. The van der Waals surface area contributed by atoms with Gasteiger partial charge >= 0.3 is 0 Å². The Hall–Kier alpha value is -0.770. The van der Waals surface area contributed by atoms with Gasteiger partial charge in [0.25, 0.3) is 0 Å². The molecule has 0 aliphatic carbocycles. The smallest absolute Gasteiger partial charge is 0.168 e. The van der Waals surface area contributed by atoms with Crippen molar-refractivity contribution in [2.75, 3.05) is 0 Å². The van der Waals surface area contributed by atoms with Crippen molar-refractivity contribution in [2.45, 2.75) is 0 Å².